The summed E-state index contributed by atoms with van der Waals surface area (Å²) in [5, 5.41) is 10.7. The Labute approximate surface area is 130 Å². The Morgan fingerprint density at radius 2 is 2.36 bits per heavy atom. The van der Waals surface area contributed by atoms with E-state index < -0.39 is 0 Å². The number of guanidine groups is 1. The van der Waals surface area contributed by atoms with Crippen molar-refractivity contribution in [2.45, 2.75) is 19.4 Å². The van der Waals surface area contributed by atoms with E-state index in [0.29, 0.717) is 6.54 Å². The lowest BCUT2D eigenvalue weighted by Crippen LogP contribution is -2.38. The van der Waals surface area contributed by atoms with E-state index in [0.717, 1.165) is 44.2 Å². The van der Waals surface area contributed by atoms with Crippen LogP contribution in [0.5, 0.6) is 0 Å². The molecular formula is C16H23N5O. The minimum atomic E-state index is 0.686. The predicted molar refractivity (Wildman–Crippen MR) is 87.8 cm³/mol. The van der Waals surface area contributed by atoms with E-state index in [-0.39, 0.29) is 0 Å². The van der Waals surface area contributed by atoms with Crippen LogP contribution < -0.4 is 10.6 Å². The number of hydrogen-bond acceptors (Lipinski definition) is 3. The van der Waals surface area contributed by atoms with Crippen LogP contribution in [0.15, 0.2) is 58.9 Å². The third-order valence-corrected chi connectivity index (χ3v) is 3.03. The Hall–Kier alpha value is -2.50. The third-order valence-electron chi connectivity index (χ3n) is 3.03. The highest BCUT2D eigenvalue weighted by atomic mass is 16.3. The Morgan fingerprint density at radius 3 is 3.09 bits per heavy atom. The van der Waals surface area contributed by atoms with E-state index in [4.69, 9.17) is 4.42 Å². The molecule has 0 amide bonds. The molecule has 6 heteroatoms. The van der Waals surface area contributed by atoms with Crippen LogP contribution in [0.25, 0.3) is 0 Å². The zero-order chi connectivity index (χ0) is 15.5. The van der Waals surface area contributed by atoms with Crippen LogP contribution in [-0.4, -0.2) is 35.4 Å². The van der Waals surface area contributed by atoms with E-state index in [1.165, 1.54) is 0 Å². The normalized spacial score (nSPS) is 11.4. The maximum absolute atomic E-state index is 5.31. The Morgan fingerprint density at radius 1 is 1.41 bits per heavy atom. The summed E-state index contributed by atoms with van der Waals surface area (Å²) in [5.41, 5.74) is 0. The van der Waals surface area contributed by atoms with Gasteiger partial charge in [0.05, 0.1) is 6.26 Å². The van der Waals surface area contributed by atoms with E-state index in [1.54, 1.807) is 12.5 Å². The van der Waals surface area contributed by atoms with Gasteiger partial charge in [-0.25, -0.2) is 0 Å². The predicted octanol–water partition coefficient (Wildman–Crippen LogP) is 1.83. The molecule has 2 aromatic heterocycles. The second-order valence-corrected chi connectivity index (χ2v) is 4.78. The molecule has 0 aliphatic rings. The number of aryl methyl sites for hydroxylation is 1. The van der Waals surface area contributed by atoms with Gasteiger partial charge in [-0.05, 0) is 24.6 Å². The van der Waals surface area contributed by atoms with Crippen LogP contribution in [0.2, 0.25) is 0 Å². The van der Waals surface area contributed by atoms with Gasteiger partial charge in [-0.1, -0.05) is 6.08 Å². The van der Waals surface area contributed by atoms with Gasteiger partial charge in [-0.2, -0.15) is 5.10 Å². The number of aromatic nitrogens is 2. The van der Waals surface area contributed by atoms with Gasteiger partial charge in [0.2, 0.25) is 0 Å². The fourth-order valence-electron chi connectivity index (χ4n) is 1.96. The highest BCUT2D eigenvalue weighted by molar-refractivity contribution is 5.79. The van der Waals surface area contributed by atoms with Crippen molar-refractivity contribution in [1.82, 2.24) is 20.4 Å². The first-order valence-corrected chi connectivity index (χ1v) is 7.51. The SMILES string of the molecule is C=CCNC(=NCCCn1cccn1)NCCc1ccco1. The molecule has 6 nitrogen and oxygen atoms in total. The molecule has 0 aliphatic carbocycles. The minimum absolute atomic E-state index is 0.686. The lowest BCUT2D eigenvalue weighted by atomic mass is 10.3. The molecule has 2 heterocycles. The second-order valence-electron chi connectivity index (χ2n) is 4.78. The Balaban J connectivity index is 1.71. The fourth-order valence-corrected chi connectivity index (χ4v) is 1.96. The molecule has 0 unspecified atom stereocenters. The van der Waals surface area contributed by atoms with Gasteiger partial charge >= 0.3 is 0 Å². The van der Waals surface area contributed by atoms with E-state index in [2.05, 4.69) is 27.3 Å². The van der Waals surface area contributed by atoms with Crippen molar-refractivity contribution in [2.75, 3.05) is 19.6 Å². The van der Waals surface area contributed by atoms with E-state index >= 15 is 0 Å². The number of nitrogens with one attached hydrogen (secondary N) is 2. The van der Waals surface area contributed by atoms with Crippen molar-refractivity contribution in [2.24, 2.45) is 4.99 Å². The number of furan rings is 1. The van der Waals surface area contributed by atoms with Crippen molar-refractivity contribution >= 4 is 5.96 Å². The number of rotatable bonds is 9. The molecule has 118 valence electrons. The van der Waals surface area contributed by atoms with Crippen LogP contribution >= 0.6 is 0 Å². The number of nitrogens with zero attached hydrogens (tertiary/aromatic N) is 3. The first-order chi connectivity index (χ1) is 10.9. The van der Waals surface area contributed by atoms with E-state index in [1.807, 2.05) is 35.2 Å². The summed E-state index contributed by atoms with van der Waals surface area (Å²) in [6, 6.07) is 5.80. The van der Waals surface area contributed by atoms with Crippen molar-refractivity contribution in [3.05, 3.63) is 55.3 Å². The molecule has 0 fully saturated rings. The summed E-state index contributed by atoms with van der Waals surface area (Å²) in [4.78, 5) is 4.55. The Kier molecular flexibility index (Phi) is 6.81. The largest absolute Gasteiger partial charge is 0.469 e. The van der Waals surface area contributed by atoms with Crippen LogP contribution in [0, 0.1) is 0 Å². The summed E-state index contributed by atoms with van der Waals surface area (Å²) in [6.07, 6.45) is 9.03. The molecule has 2 N–H and O–H groups in total. The van der Waals surface area contributed by atoms with Crippen molar-refractivity contribution in [3.63, 3.8) is 0 Å². The molecular weight excluding hydrogens is 278 g/mol. The lowest BCUT2D eigenvalue weighted by Gasteiger charge is -2.10. The zero-order valence-corrected chi connectivity index (χ0v) is 12.7. The molecule has 0 radical (unpaired) electrons. The maximum Gasteiger partial charge on any atom is 0.191 e. The van der Waals surface area contributed by atoms with Crippen LogP contribution in [0.4, 0.5) is 0 Å². The minimum Gasteiger partial charge on any atom is -0.469 e. The summed E-state index contributed by atoms with van der Waals surface area (Å²) in [7, 11) is 0. The topological polar surface area (TPSA) is 67.4 Å². The zero-order valence-electron chi connectivity index (χ0n) is 12.7. The van der Waals surface area contributed by atoms with Gasteiger partial charge in [0.1, 0.15) is 5.76 Å². The lowest BCUT2D eigenvalue weighted by molar-refractivity contribution is 0.506. The second kappa shape index (κ2) is 9.44. The first-order valence-electron chi connectivity index (χ1n) is 7.51. The molecule has 0 spiro atoms. The van der Waals surface area contributed by atoms with Crippen LogP contribution in [0.1, 0.15) is 12.2 Å². The average Bonchev–Trinajstić information content (AvgIpc) is 3.21. The molecule has 0 bridgehead atoms. The molecule has 0 saturated carbocycles. The number of aliphatic imine (C=N–C) groups is 1. The van der Waals surface area contributed by atoms with E-state index in [9.17, 15) is 0 Å². The van der Waals surface area contributed by atoms with Crippen LogP contribution in [-0.2, 0) is 13.0 Å². The molecule has 22 heavy (non-hydrogen) atoms. The van der Waals surface area contributed by atoms with Gasteiger partial charge < -0.3 is 15.1 Å². The maximum atomic E-state index is 5.31. The van der Waals surface area contributed by atoms with Gasteiger partial charge in [0, 0.05) is 45.0 Å². The molecule has 0 aromatic carbocycles. The molecule has 2 aromatic rings. The van der Waals surface area contributed by atoms with Gasteiger partial charge in [0.25, 0.3) is 0 Å². The van der Waals surface area contributed by atoms with Crippen molar-refractivity contribution in [1.29, 1.82) is 0 Å². The standard InChI is InChI=1S/C16H23N5O/c1-2-8-17-16(19-11-7-15-6-3-14-22-15)18-9-4-12-21-13-5-10-20-21/h2-3,5-6,10,13-14H,1,4,7-9,11-12H2,(H2,17,18,19). The quantitative estimate of drug-likeness (QED) is 0.321. The highest BCUT2D eigenvalue weighted by Gasteiger charge is 1.99. The average molecular weight is 301 g/mol. The number of hydrogen-bond donors (Lipinski definition) is 2. The summed E-state index contributed by atoms with van der Waals surface area (Å²) in [5.74, 6) is 1.76. The molecule has 0 atom stereocenters. The third kappa shape index (κ3) is 5.87. The summed E-state index contributed by atoms with van der Waals surface area (Å²) >= 11 is 0. The molecule has 0 saturated heterocycles. The summed E-state index contributed by atoms with van der Waals surface area (Å²) < 4.78 is 7.22. The van der Waals surface area contributed by atoms with Crippen LogP contribution in [0.3, 0.4) is 0 Å². The summed E-state index contributed by atoms with van der Waals surface area (Å²) in [6.45, 7) is 6.79. The smallest absolute Gasteiger partial charge is 0.191 e. The fraction of sp³-hybridized carbons (Fsp3) is 0.375. The molecule has 2 rings (SSSR count). The monoisotopic (exact) mass is 301 g/mol. The highest BCUT2D eigenvalue weighted by Crippen LogP contribution is 1.99. The van der Waals surface area contributed by atoms with Gasteiger partial charge in [0.15, 0.2) is 5.96 Å². The molecule has 0 aliphatic heterocycles. The Bertz CT molecular complexity index is 545. The first kappa shape index (κ1) is 15.9. The van der Waals surface area contributed by atoms with Crippen molar-refractivity contribution < 1.29 is 4.42 Å². The van der Waals surface area contributed by atoms with Gasteiger partial charge in [-0.3, -0.25) is 9.67 Å². The van der Waals surface area contributed by atoms with Gasteiger partial charge in [-0.15, -0.1) is 6.58 Å². The van der Waals surface area contributed by atoms with Crippen molar-refractivity contribution in [3.8, 4) is 0 Å².